The van der Waals surface area contributed by atoms with E-state index < -0.39 is 59.4 Å². The fourth-order valence-corrected chi connectivity index (χ4v) is 8.87. The summed E-state index contributed by atoms with van der Waals surface area (Å²) in [7, 11) is 0. The van der Waals surface area contributed by atoms with Crippen LogP contribution in [0.15, 0.2) is 0 Å². The first-order valence-corrected chi connectivity index (χ1v) is 13.2. The van der Waals surface area contributed by atoms with Crippen molar-refractivity contribution in [2.45, 2.75) is 116 Å². The minimum Gasteiger partial charge on any atom is -0.385 e. The molecule has 4 rings (SSSR count). The molecule has 0 aromatic heterocycles. The summed E-state index contributed by atoms with van der Waals surface area (Å²) in [5, 5.41) is 19.9. The van der Waals surface area contributed by atoms with Crippen LogP contribution in [0.4, 0.5) is 17.6 Å². The summed E-state index contributed by atoms with van der Waals surface area (Å²) in [5.41, 5.74) is -2.94. The smallest absolute Gasteiger partial charge is 0.275 e. The molecule has 0 aromatic rings. The van der Waals surface area contributed by atoms with Gasteiger partial charge < -0.3 is 10.2 Å². The molecule has 0 radical (unpaired) electrons. The highest BCUT2D eigenvalue weighted by Crippen LogP contribution is 2.70. The van der Waals surface area contributed by atoms with Crippen LogP contribution in [0.5, 0.6) is 0 Å². The molecule has 1 unspecified atom stereocenters. The predicted octanol–water partition coefficient (Wildman–Crippen LogP) is 6.25. The Bertz CT molecular complexity index is 808. The molecule has 2 N–H and O–H groups in total. The van der Waals surface area contributed by atoms with Crippen molar-refractivity contribution in [1.29, 1.82) is 0 Å². The summed E-state index contributed by atoms with van der Waals surface area (Å²) in [4.78, 5) is 12.7. The fourth-order valence-electron chi connectivity index (χ4n) is 8.87. The van der Waals surface area contributed by atoms with E-state index in [2.05, 4.69) is 6.92 Å². The lowest BCUT2D eigenvalue weighted by atomic mass is 9.43. The van der Waals surface area contributed by atoms with Crippen molar-refractivity contribution in [3.05, 3.63) is 0 Å². The number of carbonyl (C=O) groups excluding carboxylic acids is 1. The Morgan fingerprint density at radius 2 is 1.62 bits per heavy atom. The molecule has 4 aliphatic carbocycles. The first kappa shape index (κ1) is 26.4. The van der Waals surface area contributed by atoms with E-state index in [1.807, 2.05) is 13.8 Å². The van der Waals surface area contributed by atoms with E-state index in [4.69, 9.17) is 0 Å². The molecular formula is C27H42F4O3. The number of hydrogen-bond donors (Lipinski definition) is 2. The van der Waals surface area contributed by atoms with Crippen LogP contribution >= 0.6 is 0 Å². The second-order valence-corrected chi connectivity index (χ2v) is 13.2. The Kier molecular flexibility index (Phi) is 6.33. The third kappa shape index (κ3) is 3.86. The van der Waals surface area contributed by atoms with Crippen LogP contribution in [-0.4, -0.2) is 39.5 Å². The first-order chi connectivity index (χ1) is 15.5. The van der Waals surface area contributed by atoms with Crippen molar-refractivity contribution in [2.75, 3.05) is 0 Å². The van der Waals surface area contributed by atoms with Gasteiger partial charge in [0.2, 0.25) is 0 Å². The Morgan fingerprint density at radius 3 is 2.24 bits per heavy atom. The number of Topliss-reactive ketones (excluding diaryl/α,β-unsaturated/α-hetero) is 1. The normalized spacial score (nSPS) is 45.3. The molecule has 0 spiro atoms. The number of halogens is 4. The number of rotatable bonds is 5. The number of aliphatic hydroxyl groups excluding tert-OH is 1. The zero-order chi connectivity index (χ0) is 25.5. The number of carbonyl (C=O) groups is 1. The van der Waals surface area contributed by atoms with Gasteiger partial charge in [-0.15, -0.1) is 0 Å². The molecule has 3 nitrogen and oxygen atoms in total. The van der Waals surface area contributed by atoms with Gasteiger partial charge >= 0.3 is 0 Å². The minimum atomic E-state index is -3.20. The molecular weight excluding hydrogens is 448 g/mol. The van der Waals surface area contributed by atoms with Gasteiger partial charge in [0, 0.05) is 24.7 Å². The molecule has 0 amide bonds. The predicted molar refractivity (Wildman–Crippen MR) is 122 cm³/mol. The van der Waals surface area contributed by atoms with Gasteiger partial charge in [0.15, 0.2) is 5.78 Å². The summed E-state index contributed by atoms with van der Waals surface area (Å²) in [6.45, 7) is 8.30. The van der Waals surface area contributed by atoms with E-state index in [1.165, 1.54) is 0 Å². The van der Waals surface area contributed by atoms with Crippen molar-refractivity contribution in [2.24, 2.45) is 46.3 Å². The Morgan fingerprint density at radius 1 is 1.03 bits per heavy atom. The third-order valence-corrected chi connectivity index (χ3v) is 11.1. The van der Waals surface area contributed by atoms with Crippen LogP contribution in [-0.2, 0) is 4.79 Å². The van der Waals surface area contributed by atoms with Crippen LogP contribution in [0.3, 0.4) is 0 Å². The number of hydrogen-bond acceptors (Lipinski definition) is 3. The van der Waals surface area contributed by atoms with Crippen molar-refractivity contribution in [3.63, 3.8) is 0 Å². The maximum Gasteiger partial charge on any atom is 0.275 e. The largest absolute Gasteiger partial charge is 0.385 e. The highest BCUT2D eigenvalue weighted by atomic mass is 19.3. The van der Waals surface area contributed by atoms with E-state index in [0.717, 1.165) is 26.7 Å². The molecule has 4 saturated carbocycles. The van der Waals surface area contributed by atoms with Gasteiger partial charge in [-0.25, -0.2) is 17.6 Å². The highest BCUT2D eigenvalue weighted by molar-refractivity contribution is 5.87. The Balaban J connectivity index is 1.56. The molecule has 0 aromatic carbocycles. The Hall–Kier alpha value is -0.690. The molecule has 0 aliphatic heterocycles. The molecule has 4 aliphatic rings. The van der Waals surface area contributed by atoms with Gasteiger partial charge in [-0.1, -0.05) is 20.8 Å². The molecule has 9 atom stereocenters. The molecule has 0 saturated heterocycles. The van der Waals surface area contributed by atoms with Crippen LogP contribution in [0, 0.1) is 46.3 Å². The SMILES string of the molecule is C[C@H](CCC(F)(F)C(C)(C)O)[C@H]1CC[C@H]2[C@H]3[C@H](CC[C@]12C)[C@@]1(C)CC[C@H](O)C(=O)C1CC3(F)F. The Labute approximate surface area is 201 Å². The van der Waals surface area contributed by atoms with Gasteiger partial charge in [0.05, 0.1) is 0 Å². The first-order valence-electron chi connectivity index (χ1n) is 13.2. The van der Waals surface area contributed by atoms with Crippen molar-refractivity contribution >= 4 is 5.78 Å². The van der Waals surface area contributed by atoms with Crippen LogP contribution in [0.1, 0.15) is 92.4 Å². The molecule has 196 valence electrons. The van der Waals surface area contributed by atoms with E-state index in [0.29, 0.717) is 25.7 Å². The summed E-state index contributed by atoms with van der Waals surface area (Å²) in [5.74, 6) is -8.59. The quantitative estimate of drug-likeness (QED) is 0.448. The van der Waals surface area contributed by atoms with Crippen LogP contribution in [0.2, 0.25) is 0 Å². The molecule has 34 heavy (non-hydrogen) atoms. The number of fused-ring (bicyclic) bond motifs is 5. The van der Waals surface area contributed by atoms with Crippen molar-refractivity contribution < 1.29 is 32.6 Å². The molecule has 4 fully saturated rings. The highest BCUT2D eigenvalue weighted by Gasteiger charge is 2.69. The number of ketones is 1. The van der Waals surface area contributed by atoms with Gasteiger partial charge in [0.1, 0.15) is 11.7 Å². The van der Waals surface area contributed by atoms with Crippen LogP contribution < -0.4 is 0 Å². The van der Waals surface area contributed by atoms with Gasteiger partial charge in [-0.05, 0) is 93.3 Å². The monoisotopic (exact) mass is 490 g/mol. The van der Waals surface area contributed by atoms with E-state index in [1.54, 1.807) is 0 Å². The fraction of sp³-hybridized carbons (Fsp3) is 0.963. The zero-order valence-corrected chi connectivity index (χ0v) is 21.2. The minimum absolute atomic E-state index is 0.0493. The van der Waals surface area contributed by atoms with E-state index in [-0.39, 0.29) is 35.5 Å². The standard InChI is InChI=1S/C27H42F4O3/c1-15(8-13-27(30,31)23(2,3)34)16-6-7-17-21-18(9-11-24(16,17)4)25(5)12-10-20(32)22(33)19(25)14-26(21,28)29/h15-21,32,34H,6-14H2,1-5H3/t15-,16-,17+,18+,19?,20+,21+,24-,25-/m1/s1. The lowest BCUT2D eigenvalue weighted by Crippen LogP contribution is -2.63. The number of alkyl halides is 4. The second kappa shape index (κ2) is 8.16. The second-order valence-electron chi connectivity index (χ2n) is 13.2. The average Bonchev–Trinajstić information content (AvgIpc) is 3.07. The summed E-state index contributed by atoms with van der Waals surface area (Å²) < 4.78 is 60.4. The maximum atomic E-state index is 15.8. The molecule has 7 heteroatoms. The summed E-state index contributed by atoms with van der Waals surface area (Å²) >= 11 is 0. The number of aliphatic hydroxyl groups is 2. The van der Waals surface area contributed by atoms with Crippen LogP contribution in [0.25, 0.3) is 0 Å². The zero-order valence-electron chi connectivity index (χ0n) is 21.2. The van der Waals surface area contributed by atoms with E-state index in [9.17, 15) is 23.8 Å². The summed E-state index contributed by atoms with van der Waals surface area (Å²) in [6.07, 6.45) is 1.98. The average molecular weight is 491 g/mol. The van der Waals surface area contributed by atoms with Gasteiger partial charge in [-0.2, -0.15) is 0 Å². The van der Waals surface area contributed by atoms with Gasteiger partial charge in [-0.3, -0.25) is 4.79 Å². The third-order valence-electron chi connectivity index (χ3n) is 11.1. The molecule has 0 heterocycles. The lowest BCUT2D eigenvalue weighted by Gasteiger charge is -2.62. The molecule has 0 bridgehead atoms. The lowest BCUT2D eigenvalue weighted by molar-refractivity contribution is -0.233. The van der Waals surface area contributed by atoms with Crippen molar-refractivity contribution in [3.8, 4) is 0 Å². The van der Waals surface area contributed by atoms with Gasteiger partial charge in [0.25, 0.3) is 11.8 Å². The topological polar surface area (TPSA) is 57.5 Å². The maximum absolute atomic E-state index is 15.8. The summed E-state index contributed by atoms with van der Waals surface area (Å²) in [6, 6.07) is 0. The van der Waals surface area contributed by atoms with Crippen molar-refractivity contribution in [1.82, 2.24) is 0 Å². The van der Waals surface area contributed by atoms with E-state index >= 15 is 8.78 Å².